The number of thiophene rings is 1. The monoisotopic (exact) mass is 404 g/mol. The Hall–Kier alpha value is -1.56. The molecule has 1 unspecified atom stereocenters. The highest BCUT2D eigenvalue weighted by Gasteiger charge is 2.28. The van der Waals surface area contributed by atoms with E-state index in [0.29, 0.717) is 23.2 Å². The van der Waals surface area contributed by atoms with E-state index in [9.17, 15) is 4.79 Å². The third kappa shape index (κ3) is 4.00. The summed E-state index contributed by atoms with van der Waals surface area (Å²) in [6.07, 6.45) is 2.23. The summed E-state index contributed by atoms with van der Waals surface area (Å²) < 4.78 is 6.26. The number of amides is 1. The van der Waals surface area contributed by atoms with Crippen LogP contribution >= 0.6 is 22.9 Å². The smallest absolute Gasteiger partial charge is 0.255 e. The fraction of sp³-hybridized carbons (Fsp3) is 0.476. The molecule has 144 valence electrons. The van der Waals surface area contributed by atoms with Crippen LogP contribution in [0.25, 0.3) is 0 Å². The van der Waals surface area contributed by atoms with E-state index in [-0.39, 0.29) is 12.0 Å². The van der Waals surface area contributed by atoms with Gasteiger partial charge in [-0.1, -0.05) is 23.7 Å². The van der Waals surface area contributed by atoms with Crippen LogP contribution in [-0.4, -0.2) is 47.5 Å². The molecule has 27 heavy (non-hydrogen) atoms. The van der Waals surface area contributed by atoms with Gasteiger partial charge in [0.2, 0.25) is 0 Å². The van der Waals surface area contributed by atoms with Gasteiger partial charge >= 0.3 is 0 Å². The maximum atomic E-state index is 12.8. The fourth-order valence-electron chi connectivity index (χ4n) is 3.83. The third-order valence-corrected chi connectivity index (χ3v) is 6.88. The van der Waals surface area contributed by atoms with Gasteiger partial charge in [0.15, 0.2) is 5.06 Å². The Morgan fingerprint density at radius 2 is 2.11 bits per heavy atom. The molecule has 4 rings (SSSR count). The van der Waals surface area contributed by atoms with Crippen molar-refractivity contribution in [1.29, 1.82) is 0 Å². The normalized spacial score (nSPS) is 20.1. The number of halogens is 1. The molecule has 0 aliphatic carbocycles. The molecule has 1 atom stereocenters. The minimum atomic E-state index is 0.00304. The van der Waals surface area contributed by atoms with Crippen molar-refractivity contribution >= 4 is 28.8 Å². The topological polar surface area (TPSA) is 32.8 Å². The number of likely N-dealkylation sites (tertiary alicyclic amines) is 1. The van der Waals surface area contributed by atoms with Crippen LogP contribution in [0.2, 0.25) is 5.02 Å². The molecular formula is C21H25ClN2O2S. The van der Waals surface area contributed by atoms with E-state index in [1.807, 2.05) is 17.0 Å². The predicted octanol–water partition coefficient (Wildman–Crippen LogP) is 4.46. The van der Waals surface area contributed by atoms with Gasteiger partial charge in [-0.2, -0.15) is 0 Å². The van der Waals surface area contributed by atoms with E-state index in [1.54, 1.807) is 23.5 Å². The zero-order valence-electron chi connectivity index (χ0n) is 15.8. The van der Waals surface area contributed by atoms with E-state index in [4.69, 9.17) is 16.3 Å². The second kappa shape index (κ2) is 7.82. The molecule has 1 amide bonds. The zero-order chi connectivity index (χ0) is 19.0. The number of nitrogens with zero attached hydrogens (tertiary/aromatic N) is 2. The van der Waals surface area contributed by atoms with Gasteiger partial charge in [0.05, 0.1) is 10.6 Å². The summed E-state index contributed by atoms with van der Waals surface area (Å²) in [7, 11) is 0. The first-order valence-corrected chi connectivity index (χ1v) is 10.8. The van der Waals surface area contributed by atoms with Crippen molar-refractivity contribution in [2.24, 2.45) is 0 Å². The van der Waals surface area contributed by atoms with Crippen LogP contribution in [0.5, 0.6) is 5.06 Å². The maximum Gasteiger partial charge on any atom is 0.255 e. The summed E-state index contributed by atoms with van der Waals surface area (Å²) in [6, 6.07) is 9.96. The molecular weight excluding hydrogens is 380 g/mol. The Labute approximate surface area is 169 Å². The first kappa shape index (κ1) is 18.8. The van der Waals surface area contributed by atoms with Gasteiger partial charge < -0.3 is 9.64 Å². The standard InChI is InChI=1S/C21H25ClN2O2S/c1-14(2)23-9-7-16(13-23)26-20-11-15-12-24(10-8-19(15)27-20)21(25)17-5-3-4-6-18(17)22/h3-6,11,14,16H,7-10,12-13H2,1-2H3. The van der Waals surface area contributed by atoms with Crippen LogP contribution in [0.15, 0.2) is 30.3 Å². The van der Waals surface area contributed by atoms with Gasteiger partial charge in [-0.15, -0.1) is 11.3 Å². The molecule has 2 aromatic rings. The molecule has 0 bridgehead atoms. The van der Waals surface area contributed by atoms with Gasteiger partial charge in [-0.25, -0.2) is 0 Å². The number of rotatable bonds is 4. The van der Waals surface area contributed by atoms with Crippen LogP contribution in [0.1, 0.15) is 41.1 Å². The van der Waals surface area contributed by atoms with Crippen molar-refractivity contribution < 1.29 is 9.53 Å². The number of benzene rings is 1. The van der Waals surface area contributed by atoms with Crippen molar-refractivity contribution in [3.05, 3.63) is 51.4 Å². The highest BCUT2D eigenvalue weighted by Crippen LogP contribution is 2.35. The van der Waals surface area contributed by atoms with Crippen LogP contribution in [0.3, 0.4) is 0 Å². The van der Waals surface area contributed by atoms with E-state index >= 15 is 0 Å². The molecule has 1 saturated heterocycles. The summed E-state index contributed by atoms with van der Waals surface area (Å²) >= 11 is 7.94. The summed E-state index contributed by atoms with van der Waals surface area (Å²) in [5.74, 6) is 0.00304. The van der Waals surface area contributed by atoms with E-state index in [1.165, 1.54) is 10.4 Å². The number of carbonyl (C=O) groups is 1. The number of hydrogen-bond acceptors (Lipinski definition) is 4. The van der Waals surface area contributed by atoms with Crippen LogP contribution in [0, 0.1) is 0 Å². The minimum Gasteiger partial charge on any atom is -0.479 e. The SMILES string of the molecule is CC(C)N1CCC(Oc2cc3c(s2)CCN(C(=O)c2ccccc2Cl)C3)C1. The first-order valence-electron chi connectivity index (χ1n) is 9.57. The number of fused-ring (bicyclic) bond motifs is 1. The molecule has 6 heteroatoms. The quantitative estimate of drug-likeness (QED) is 0.754. The fourth-order valence-corrected chi connectivity index (χ4v) is 5.12. The second-order valence-electron chi connectivity index (χ2n) is 7.59. The Kier molecular flexibility index (Phi) is 5.44. The van der Waals surface area contributed by atoms with Crippen molar-refractivity contribution in [1.82, 2.24) is 9.80 Å². The maximum absolute atomic E-state index is 12.8. The zero-order valence-corrected chi connectivity index (χ0v) is 17.4. The molecule has 0 saturated carbocycles. The molecule has 1 aromatic carbocycles. The summed E-state index contributed by atoms with van der Waals surface area (Å²) in [5.41, 5.74) is 1.79. The number of carbonyl (C=O) groups excluding carboxylic acids is 1. The molecule has 2 aliphatic heterocycles. The number of ether oxygens (including phenoxy) is 1. The molecule has 4 nitrogen and oxygen atoms in total. The summed E-state index contributed by atoms with van der Waals surface area (Å²) in [4.78, 5) is 18.5. The van der Waals surface area contributed by atoms with Crippen molar-refractivity contribution in [2.75, 3.05) is 19.6 Å². The van der Waals surface area contributed by atoms with Gasteiger partial charge in [-0.3, -0.25) is 9.69 Å². The number of hydrogen-bond donors (Lipinski definition) is 0. The molecule has 1 fully saturated rings. The Morgan fingerprint density at radius 3 is 2.85 bits per heavy atom. The van der Waals surface area contributed by atoms with Crippen molar-refractivity contribution in [3.8, 4) is 5.06 Å². The Morgan fingerprint density at radius 1 is 1.30 bits per heavy atom. The van der Waals surface area contributed by atoms with Gasteiger partial charge in [0.1, 0.15) is 6.10 Å². The lowest BCUT2D eigenvalue weighted by Gasteiger charge is -2.27. The average molecular weight is 405 g/mol. The molecule has 1 aromatic heterocycles. The molecule has 0 N–H and O–H groups in total. The third-order valence-electron chi connectivity index (χ3n) is 5.43. The molecule has 0 spiro atoms. The Balaban J connectivity index is 1.42. The summed E-state index contributed by atoms with van der Waals surface area (Å²) in [6.45, 7) is 7.92. The van der Waals surface area contributed by atoms with Crippen LogP contribution < -0.4 is 4.74 Å². The predicted molar refractivity (Wildman–Crippen MR) is 110 cm³/mol. The van der Waals surface area contributed by atoms with Gasteiger partial charge in [0.25, 0.3) is 5.91 Å². The lowest BCUT2D eigenvalue weighted by molar-refractivity contribution is 0.0736. The molecule has 0 radical (unpaired) electrons. The highest BCUT2D eigenvalue weighted by atomic mass is 35.5. The molecule has 3 heterocycles. The van der Waals surface area contributed by atoms with E-state index in [0.717, 1.165) is 37.5 Å². The molecule has 2 aliphatic rings. The lowest BCUT2D eigenvalue weighted by atomic mass is 10.1. The van der Waals surface area contributed by atoms with Crippen molar-refractivity contribution in [2.45, 2.75) is 45.4 Å². The largest absolute Gasteiger partial charge is 0.479 e. The minimum absolute atomic E-state index is 0.00304. The first-order chi connectivity index (χ1) is 13.0. The van der Waals surface area contributed by atoms with Crippen molar-refractivity contribution in [3.63, 3.8) is 0 Å². The van der Waals surface area contributed by atoms with E-state index < -0.39 is 0 Å². The summed E-state index contributed by atoms with van der Waals surface area (Å²) in [5, 5.41) is 1.50. The van der Waals surface area contributed by atoms with Crippen LogP contribution in [-0.2, 0) is 13.0 Å². The average Bonchev–Trinajstić information content (AvgIpc) is 3.27. The lowest BCUT2D eigenvalue weighted by Crippen LogP contribution is -2.35. The highest BCUT2D eigenvalue weighted by molar-refractivity contribution is 7.14. The van der Waals surface area contributed by atoms with Crippen LogP contribution in [0.4, 0.5) is 0 Å². The van der Waals surface area contributed by atoms with Gasteiger partial charge in [0, 0.05) is 37.1 Å². The Bertz CT molecular complexity index is 835. The van der Waals surface area contributed by atoms with E-state index in [2.05, 4.69) is 24.8 Å². The van der Waals surface area contributed by atoms with Gasteiger partial charge in [-0.05, 0) is 50.5 Å². The second-order valence-corrected chi connectivity index (χ2v) is 9.09.